The van der Waals surface area contributed by atoms with Crippen LogP contribution in [0.3, 0.4) is 0 Å². The minimum Gasteiger partial charge on any atom is -0.293 e. The van der Waals surface area contributed by atoms with Crippen LogP contribution in [0.25, 0.3) is 0 Å². The predicted octanol–water partition coefficient (Wildman–Crippen LogP) is 4.46. The summed E-state index contributed by atoms with van der Waals surface area (Å²) in [6.45, 7) is 4.11. The highest BCUT2D eigenvalue weighted by atomic mass is 35.5. The minimum atomic E-state index is 0.0903. The summed E-state index contributed by atoms with van der Waals surface area (Å²) in [6, 6.07) is 5.64. The maximum Gasteiger partial charge on any atom is 0.176 e. The fraction of sp³-hybridized carbons (Fsp3) is 0.500. The molecule has 1 aliphatic heterocycles. The van der Waals surface area contributed by atoms with Gasteiger partial charge in [0.05, 0.1) is 5.25 Å². The number of hydrogen-bond donors (Lipinski definition) is 0. The summed E-state index contributed by atoms with van der Waals surface area (Å²) in [4.78, 5) is 12.5. The molecular formula is C14H17ClOS2. The molecular weight excluding hydrogens is 284 g/mol. The molecule has 98 valence electrons. The number of carbonyl (C=O) groups excluding carboxylic acids is 1. The first-order valence-corrected chi connectivity index (χ1v) is 8.64. The highest BCUT2D eigenvalue weighted by Crippen LogP contribution is 2.35. The summed E-state index contributed by atoms with van der Waals surface area (Å²) in [7, 11) is 0. The molecule has 4 heteroatoms. The molecule has 0 amide bonds. The van der Waals surface area contributed by atoms with E-state index in [0.717, 1.165) is 29.1 Å². The number of ketones is 1. The van der Waals surface area contributed by atoms with Crippen molar-refractivity contribution in [2.75, 3.05) is 11.5 Å². The molecule has 1 saturated heterocycles. The molecule has 0 N–H and O–H groups in total. The number of thioether (sulfide) groups is 2. The van der Waals surface area contributed by atoms with Crippen molar-refractivity contribution in [2.45, 2.75) is 30.8 Å². The van der Waals surface area contributed by atoms with E-state index >= 15 is 0 Å². The second-order valence-corrected chi connectivity index (χ2v) is 7.44. The fourth-order valence-electron chi connectivity index (χ4n) is 2.06. The third kappa shape index (κ3) is 3.06. The highest BCUT2D eigenvalue weighted by molar-refractivity contribution is 8.07. The summed E-state index contributed by atoms with van der Waals surface area (Å²) >= 11 is 9.83. The summed E-state index contributed by atoms with van der Waals surface area (Å²) < 4.78 is 0. The van der Waals surface area contributed by atoms with E-state index in [9.17, 15) is 4.79 Å². The average molecular weight is 301 g/mol. The Hall–Kier alpha value is -0.120. The van der Waals surface area contributed by atoms with Crippen molar-refractivity contribution in [1.29, 1.82) is 0 Å². The van der Waals surface area contributed by atoms with E-state index in [2.05, 4.69) is 6.92 Å². The normalized spacial score (nSPS) is 23.9. The Balaban J connectivity index is 2.21. The van der Waals surface area contributed by atoms with E-state index in [1.165, 1.54) is 0 Å². The van der Waals surface area contributed by atoms with Gasteiger partial charge in [0, 0.05) is 27.3 Å². The second kappa shape index (κ2) is 6.36. The number of halogens is 1. The molecule has 0 aromatic heterocycles. The molecule has 1 aliphatic rings. The third-order valence-electron chi connectivity index (χ3n) is 3.17. The van der Waals surface area contributed by atoms with Gasteiger partial charge in [-0.1, -0.05) is 30.7 Å². The molecule has 0 spiro atoms. The lowest BCUT2D eigenvalue weighted by Crippen LogP contribution is -2.32. The molecule has 0 saturated carbocycles. The minimum absolute atomic E-state index is 0.0903. The van der Waals surface area contributed by atoms with Gasteiger partial charge in [-0.2, -0.15) is 11.8 Å². The van der Waals surface area contributed by atoms with Crippen molar-refractivity contribution in [1.82, 2.24) is 0 Å². The fourth-order valence-corrected chi connectivity index (χ4v) is 5.26. The number of carbonyl (C=O) groups is 1. The van der Waals surface area contributed by atoms with Gasteiger partial charge in [-0.25, -0.2) is 0 Å². The molecule has 1 fully saturated rings. The van der Waals surface area contributed by atoms with Gasteiger partial charge in [0.2, 0.25) is 0 Å². The summed E-state index contributed by atoms with van der Waals surface area (Å²) in [5.74, 6) is 2.46. The first-order chi connectivity index (χ1) is 8.63. The molecule has 0 bridgehead atoms. The number of benzene rings is 1. The van der Waals surface area contributed by atoms with Gasteiger partial charge in [0.25, 0.3) is 0 Å². The van der Waals surface area contributed by atoms with Crippen LogP contribution in [0.2, 0.25) is 5.02 Å². The average Bonchev–Trinajstić information content (AvgIpc) is 2.41. The van der Waals surface area contributed by atoms with Crippen LogP contribution in [0.1, 0.15) is 29.3 Å². The SMILES string of the molecule is CCC1SCCSC1C(=O)c1ccc(C)c(Cl)c1. The lowest BCUT2D eigenvalue weighted by molar-refractivity contribution is 0.0988. The number of Topliss-reactive ketones (excluding diaryl/α,β-unsaturated/α-hetero) is 1. The Morgan fingerprint density at radius 2 is 2.11 bits per heavy atom. The smallest absolute Gasteiger partial charge is 0.176 e. The lowest BCUT2D eigenvalue weighted by atomic mass is 10.0. The monoisotopic (exact) mass is 300 g/mol. The van der Waals surface area contributed by atoms with Gasteiger partial charge in [-0.05, 0) is 25.0 Å². The van der Waals surface area contributed by atoms with Crippen molar-refractivity contribution in [3.63, 3.8) is 0 Å². The number of rotatable bonds is 3. The standard InChI is InChI=1S/C14H17ClOS2/c1-3-12-14(18-7-6-17-12)13(16)10-5-4-9(2)11(15)8-10/h4-5,8,12,14H,3,6-7H2,1-2H3. The maximum absolute atomic E-state index is 12.5. The van der Waals surface area contributed by atoms with Gasteiger partial charge < -0.3 is 0 Å². The highest BCUT2D eigenvalue weighted by Gasteiger charge is 2.31. The van der Waals surface area contributed by atoms with Crippen LogP contribution in [0.4, 0.5) is 0 Å². The Bertz CT molecular complexity index is 447. The van der Waals surface area contributed by atoms with E-state index in [4.69, 9.17) is 11.6 Å². The van der Waals surface area contributed by atoms with Gasteiger partial charge in [-0.15, -0.1) is 11.8 Å². The van der Waals surface area contributed by atoms with E-state index in [1.54, 1.807) is 11.8 Å². The van der Waals surface area contributed by atoms with Crippen LogP contribution in [0.5, 0.6) is 0 Å². The van der Waals surface area contributed by atoms with Crippen molar-refractivity contribution in [3.05, 3.63) is 34.3 Å². The van der Waals surface area contributed by atoms with Crippen molar-refractivity contribution in [2.24, 2.45) is 0 Å². The Morgan fingerprint density at radius 1 is 1.39 bits per heavy atom. The topological polar surface area (TPSA) is 17.1 Å². The largest absolute Gasteiger partial charge is 0.293 e. The van der Waals surface area contributed by atoms with Crippen LogP contribution in [-0.2, 0) is 0 Å². The molecule has 0 radical (unpaired) electrons. The van der Waals surface area contributed by atoms with Crippen LogP contribution in [0.15, 0.2) is 18.2 Å². The maximum atomic E-state index is 12.5. The first-order valence-electron chi connectivity index (χ1n) is 6.17. The second-order valence-electron chi connectivity index (χ2n) is 4.44. The predicted molar refractivity (Wildman–Crippen MR) is 83.3 cm³/mol. The molecule has 18 heavy (non-hydrogen) atoms. The first kappa shape index (κ1) is 14.3. The summed E-state index contributed by atoms with van der Waals surface area (Å²) in [5, 5.41) is 1.21. The zero-order chi connectivity index (χ0) is 13.1. The summed E-state index contributed by atoms with van der Waals surface area (Å²) in [6.07, 6.45) is 1.05. The molecule has 1 aromatic carbocycles. The molecule has 0 aliphatic carbocycles. The van der Waals surface area contributed by atoms with Crippen molar-refractivity contribution in [3.8, 4) is 0 Å². The van der Waals surface area contributed by atoms with E-state index in [0.29, 0.717) is 10.3 Å². The van der Waals surface area contributed by atoms with E-state index in [-0.39, 0.29) is 11.0 Å². The number of hydrogen-bond acceptors (Lipinski definition) is 3. The van der Waals surface area contributed by atoms with Crippen LogP contribution >= 0.6 is 35.1 Å². The van der Waals surface area contributed by atoms with E-state index in [1.807, 2.05) is 36.9 Å². The molecule has 2 rings (SSSR count). The molecule has 2 atom stereocenters. The zero-order valence-corrected chi connectivity index (χ0v) is 13.0. The molecule has 1 aromatic rings. The Labute approximate surface area is 122 Å². The lowest BCUT2D eigenvalue weighted by Gasteiger charge is -2.28. The van der Waals surface area contributed by atoms with Gasteiger partial charge in [0.15, 0.2) is 5.78 Å². The Kier molecular flexibility index (Phi) is 5.05. The van der Waals surface area contributed by atoms with Gasteiger partial charge in [-0.3, -0.25) is 4.79 Å². The van der Waals surface area contributed by atoms with Gasteiger partial charge in [0.1, 0.15) is 0 Å². The molecule has 1 heterocycles. The number of aryl methyl sites for hydroxylation is 1. The summed E-state index contributed by atoms with van der Waals surface area (Å²) in [5.41, 5.74) is 1.77. The molecule has 1 nitrogen and oxygen atoms in total. The Morgan fingerprint density at radius 3 is 2.78 bits per heavy atom. The van der Waals surface area contributed by atoms with Gasteiger partial charge >= 0.3 is 0 Å². The van der Waals surface area contributed by atoms with E-state index < -0.39 is 0 Å². The zero-order valence-electron chi connectivity index (χ0n) is 10.6. The third-order valence-corrected chi connectivity index (χ3v) is 6.82. The van der Waals surface area contributed by atoms with Crippen molar-refractivity contribution >= 4 is 40.9 Å². The van der Waals surface area contributed by atoms with Crippen LogP contribution in [-0.4, -0.2) is 27.8 Å². The molecule has 2 unspecified atom stereocenters. The quantitative estimate of drug-likeness (QED) is 0.767. The van der Waals surface area contributed by atoms with Crippen LogP contribution < -0.4 is 0 Å². The van der Waals surface area contributed by atoms with Crippen LogP contribution in [0, 0.1) is 6.92 Å². The van der Waals surface area contributed by atoms with Crippen molar-refractivity contribution < 1.29 is 4.79 Å².